The maximum absolute atomic E-state index is 5.67. The van der Waals surface area contributed by atoms with E-state index in [1.165, 1.54) is 0 Å². The summed E-state index contributed by atoms with van der Waals surface area (Å²) in [5.74, 6) is 2.27. The SMILES string of the molecule is CN=C(NCCCOc1ccccc1)NCc1coc(-c2cccs2)n1. The molecule has 2 N–H and O–H groups in total. The molecule has 0 aliphatic rings. The number of benzene rings is 1. The molecule has 26 heavy (non-hydrogen) atoms. The van der Waals surface area contributed by atoms with Gasteiger partial charge in [0.05, 0.1) is 23.7 Å². The number of aliphatic imine (C=N–C) groups is 1. The Morgan fingerprint density at radius 2 is 2.08 bits per heavy atom. The molecule has 3 aromatic rings. The van der Waals surface area contributed by atoms with Gasteiger partial charge in [-0.3, -0.25) is 4.99 Å². The molecule has 2 aromatic heterocycles. The van der Waals surface area contributed by atoms with E-state index in [1.807, 2.05) is 47.8 Å². The molecule has 0 spiro atoms. The molecule has 0 radical (unpaired) electrons. The Kier molecular flexibility index (Phi) is 6.66. The average Bonchev–Trinajstić information content (AvgIpc) is 3.36. The summed E-state index contributed by atoms with van der Waals surface area (Å²) in [6, 6.07) is 13.8. The number of thiophene rings is 1. The van der Waals surface area contributed by atoms with Gasteiger partial charge in [0.1, 0.15) is 12.0 Å². The van der Waals surface area contributed by atoms with E-state index in [2.05, 4.69) is 20.6 Å². The summed E-state index contributed by atoms with van der Waals surface area (Å²) in [7, 11) is 1.75. The van der Waals surface area contributed by atoms with Crippen LogP contribution in [0.4, 0.5) is 0 Å². The average molecular weight is 370 g/mol. The second kappa shape index (κ2) is 9.62. The fraction of sp³-hybridized carbons (Fsp3) is 0.263. The third-order valence-corrected chi connectivity index (χ3v) is 4.43. The zero-order valence-corrected chi connectivity index (χ0v) is 15.5. The van der Waals surface area contributed by atoms with Crippen LogP contribution in [0.2, 0.25) is 0 Å². The molecule has 0 unspecified atom stereocenters. The van der Waals surface area contributed by atoms with Gasteiger partial charge in [0.2, 0.25) is 5.89 Å². The number of rotatable bonds is 8. The molecule has 6 nitrogen and oxygen atoms in total. The van der Waals surface area contributed by atoms with Crippen LogP contribution in [0.5, 0.6) is 5.75 Å². The van der Waals surface area contributed by atoms with E-state index in [9.17, 15) is 0 Å². The summed E-state index contributed by atoms with van der Waals surface area (Å²) >= 11 is 1.61. The number of guanidine groups is 1. The summed E-state index contributed by atoms with van der Waals surface area (Å²) in [6.07, 6.45) is 2.55. The first kappa shape index (κ1) is 18.0. The summed E-state index contributed by atoms with van der Waals surface area (Å²) in [5, 5.41) is 8.50. The van der Waals surface area contributed by atoms with E-state index in [4.69, 9.17) is 9.15 Å². The van der Waals surface area contributed by atoms with Crippen molar-refractivity contribution in [3.05, 3.63) is 59.8 Å². The minimum absolute atomic E-state index is 0.551. The van der Waals surface area contributed by atoms with Crippen LogP contribution in [0, 0.1) is 0 Å². The number of nitrogens with zero attached hydrogens (tertiary/aromatic N) is 2. The molecule has 136 valence electrons. The van der Waals surface area contributed by atoms with E-state index >= 15 is 0 Å². The minimum atomic E-state index is 0.551. The van der Waals surface area contributed by atoms with Crippen LogP contribution < -0.4 is 15.4 Å². The Labute approximate surface area is 156 Å². The van der Waals surface area contributed by atoms with Crippen molar-refractivity contribution in [1.82, 2.24) is 15.6 Å². The first-order valence-corrected chi connectivity index (χ1v) is 9.34. The predicted molar refractivity (Wildman–Crippen MR) is 105 cm³/mol. The van der Waals surface area contributed by atoms with Gasteiger partial charge in [-0.05, 0) is 30.0 Å². The molecule has 0 bridgehead atoms. The molecule has 0 atom stereocenters. The second-order valence-corrected chi connectivity index (χ2v) is 6.44. The first-order chi connectivity index (χ1) is 12.8. The van der Waals surface area contributed by atoms with E-state index < -0.39 is 0 Å². The Hall–Kier alpha value is -2.80. The van der Waals surface area contributed by atoms with Gasteiger partial charge >= 0.3 is 0 Å². The smallest absolute Gasteiger partial charge is 0.236 e. The van der Waals surface area contributed by atoms with Crippen LogP contribution in [0.3, 0.4) is 0 Å². The molecule has 0 amide bonds. The predicted octanol–water partition coefficient (Wildman–Crippen LogP) is 3.54. The van der Waals surface area contributed by atoms with Crippen LogP contribution in [-0.4, -0.2) is 31.1 Å². The molecule has 7 heteroatoms. The highest BCUT2D eigenvalue weighted by Crippen LogP contribution is 2.23. The minimum Gasteiger partial charge on any atom is -0.494 e. The lowest BCUT2D eigenvalue weighted by Crippen LogP contribution is -2.37. The van der Waals surface area contributed by atoms with Gasteiger partial charge in [-0.2, -0.15) is 0 Å². The Morgan fingerprint density at radius 3 is 2.85 bits per heavy atom. The lowest BCUT2D eigenvalue weighted by Gasteiger charge is -2.11. The molecule has 2 heterocycles. The number of hydrogen-bond donors (Lipinski definition) is 2. The molecule has 0 saturated heterocycles. The van der Waals surface area contributed by atoms with Crippen molar-refractivity contribution in [3.8, 4) is 16.5 Å². The van der Waals surface area contributed by atoms with Gasteiger partial charge in [0.15, 0.2) is 5.96 Å². The fourth-order valence-electron chi connectivity index (χ4n) is 2.28. The van der Waals surface area contributed by atoms with E-state index in [0.29, 0.717) is 19.0 Å². The second-order valence-electron chi connectivity index (χ2n) is 5.49. The molecular formula is C19H22N4O2S. The molecule has 0 aliphatic heterocycles. The third-order valence-electron chi connectivity index (χ3n) is 3.57. The molecular weight excluding hydrogens is 348 g/mol. The van der Waals surface area contributed by atoms with Crippen molar-refractivity contribution in [3.63, 3.8) is 0 Å². The molecule has 0 fully saturated rings. The Morgan fingerprint density at radius 1 is 1.19 bits per heavy atom. The molecule has 3 rings (SSSR count). The maximum Gasteiger partial charge on any atom is 0.236 e. The summed E-state index contributed by atoms with van der Waals surface area (Å²) in [5.41, 5.74) is 0.837. The monoisotopic (exact) mass is 370 g/mol. The molecule has 1 aromatic carbocycles. The van der Waals surface area contributed by atoms with Crippen LogP contribution in [0.15, 0.2) is 63.5 Å². The van der Waals surface area contributed by atoms with Gasteiger partial charge in [0.25, 0.3) is 0 Å². The van der Waals surface area contributed by atoms with Crippen LogP contribution in [-0.2, 0) is 6.54 Å². The summed E-state index contributed by atoms with van der Waals surface area (Å²) in [4.78, 5) is 9.72. The lowest BCUT2D eigenvalue weighted by molar-refractivity contribution is 0.311. The summed E-state index contributed by atoms with van der Waals surface area (Å²) < 4.78 is 11.2. The van der Waals surface area contributed by atoms with Gasteiger partial charge in [-0.25, -0.2) is 4.98 Å². The molecule has 0 aliphatic carbocycles. The highest BCUT2D eigenvalue weighted by molar-refractivity contribution is 7.13. The quantitative estimate of drug-likeness (QED) is 0.360. The molecule has 0 saturated carbocycles. The first-order valence-electron chi connectivity index (χ1n) is 8.46. The highest BCUT2D eigenvalue weighted by atomic mass is 32.1. The van der Waals surface area contributed by atoms with Crippen molar-refractivity contribution in [2.24, 2.45) is 4.99 Å². The van der Waals surface area contributed by atoms with Crippen molar-refractivity contribution >= 4 is 17.3 Å². The number of hydrogen-bond acceptors (Lipinski definition) is 5. The van der Waals surface area contributed by atoms with Crippen molar-refractivity contribution in [2.45, 2.75) is 13.0 Å². The van der Waals surface area contributed by atoms with E-state index in [-0.39, 0.29) is 0 Å². The van der Waals surface area contributed by atoms with E-state index in [0.717, 1.165) is 35.2 Å². The lowest BCUT2D eigenvalue weighted by atomic mass is 10.3. The number of oxazole rings is 1. The Bertz CT molecular complexity index is 800. The zero-order chi connectivity index (χ0) is 18.0. The normalized spacial score (nSPS) is 11.3. The van der Waals surface area contributed by atoms with Crippen LogP contribution in [0.1, 0.15) is 12.1 Å². The fourth-order valence-corrected chi connectivity index (χ4v) is 2.94. The van der Waals surface area contributed by atoms with Crippen molar-refractivity contribution < 1.29 is 9.15 Å². The summed E-state index contributed by atoms with van der Waals surface area (Å²) in [6.45, 7) is 1.97. The van der Waals surface area contributed by atoms with E-state index in [1.54, 1.807) is 24.6 Å². The highest BCUT2D eigenvalue weighted by Gasteiger charge is 2.08. The zero-order valence-electron chi connectivity index (χ0n) is 14.6. The van der Waals surface area contributed by atoms with Crippen LogP contribution >= 0.6 is 11.3 Å². The number of nitrogens with one attached hydrogen (secondary N) is 2. The van der Waals surface area contributed by atoms with Crippen molar-refractivity contribution in [1.29, 1.82) is 0 Å². The van der Waals surface area contributed by atoms with Gasteiger partial charge in [0, 0.05) is 13.6 Å². The van der Waals surface area contributed by atoms with Gasteiger partial charge < -0.3 is 19.8 Å². The maximum atomic E-state index is 5.67. The largest absolute Gasteiger partial charge is 0.494 e. The van der Waals surface area contributed by atoms with Crippen LogP contribution in [0.25, 0.3) is 10.8 Å². The van der Waals surface area contributed by atoms with Gasteiger partial charge in [-0.15, -0.1) is 11.3 Å². The third kappa shape index (κ3) is 5.35. The topological polar surface area (TPSA) is 71.7 Å². The number of para-hydroxylation sites is 1. The number of ether oxygens (including phenoxy) is 1. The van der Waals surface area contributed by atoms with Gasteiger partial charge in [-0.1, -0.05) is 24.3 Å². The van der Waals surface area contributed by atoms with Crippen molar-refractivity contribution in [2.75, 3.05) is 20.2 Å². The standard InChI is InChI=1S/C19H22N4O2S/c1-20-19(21-10-6-11-24-16-7-3-2-4-8-16)22-13-15-14-25-18(23-15)17-9-5-12-26-17/h2-5,7-9,12,14H,6,10-11,13H2,1H3,(H2,20,21,22). The number of aromatic nitrogens is 1. The Balaban J connectivity index is 1.36.